The van der Waals surface area contributed by atoms with Crippen molar-refractivity contribution in [3.63, 3.8) is 0 Å². The van der Waals surface area contributed by atoms with E-state index in [1.807, 2.05) is 30.3 Å². The molecule has 158 valence electrons. The molecular formula is C22H23N7O2. The minimum Gasteiger partial charge on any atom is -0.377 e. The van der Waals surface area contributed by atoms with Gasteiger partial charge in [-0.2, -0.15) is 14.9 Å². The number of morpholine rings is 1. The van der Waals surface area contributed by atoms with Crippen LogP contribution in [-0.4, -0.2) is 56.7 Å². The number of hydrogen-bond donors (Lipinski definition) is 2. The van der Waals surface area contributed by atoms with Crippen LogP contribution in [0.4, 0.5) is 11.5 Å². The molecular weight excluding hydrogens is 394 g/mol. The Hall–Kier alpha value is -3.72. The Kier molecular flexibility index (Phi) is 4.87. The van der Waals surface area contributed by atoms with Gasteiger partial charge in [0.2, 0.25) is 5.91 Å². The van der Waals surface area contributed by atoms with Crippen molar-refractivity contribution < 1.29 is 9.53 Å². The molecule has 3 aromatic heterocycles. The molecule has 1 atom stereocenters. The Labute approximate surface area is 179 Å². The van der Waals surface area contributed by atoms with E-state index in [4.69, 9.17) is 9.72 Å². The lowest BCUT2D eigenvalue weighted by molar-refractivity contribution is -0.114. The number of fused-ring (bicyclic) bond motifs is 1. The number of pyridine rings is 1. The van der Waals surface area contributed by atoms with E-state index in [2.05, 4.69) is 38.5 Å². The highest BCUT2D eigenvalue weighted by molar-refractivity contribution is 6.01. The number of nitrogens with one attached hydrogen (secondary N) is 2. The topological polar surface area (TPSA) is 101 Å². The molecule has 1 saturated heterocycles. The first-order valence-corrected chi connectivity index (χ1v) is 10.2. The molecule has 5 rings (SSSR count). The van der Waals surface area contributed by atoms with Crippen LogP contribution in [0, 0.1) is 0 Å². The van der Waals surface area contributed by atoms with Gasteiger partial charge in [0.15, 0.2) is 11.5 Å². The predicted molar refractivity (Wildman–Crippen MR) is 118 cm³/mol. The Bertz CT molecular complexity index is 1230. The lowest BCUT2D eigenvalue weighted by Gasteiger charge is -2.34. The summed E-state index contributed by atoms with van der Waals surface area (Å²) in [6, 6.07) is 11.9. The standard InChI is InChI=1S/C22H23N7O2/c1-14-13-31-10-9-28(14)21-11-17(16-5-3-4-6-19(16)25-15(2)30)18-12-24-29(22(18)26-21)20-7-8-23-27-20/h3-8,11-12,14H,9-10,13H2,1-2H3,(H,23,27)(H,25,30)/t14-/m1/s1. The molecule has 0 spiro atoms. The van der Waals surface area contributed by atoms with Crippen LogP contribution in [-0.2, 0) is 9.53 Å². The first-order chi connectivity index (χ1) is 15.1. The molecule has 1 aliphatic heterocycles. The summed E-state index contributed by atoms with van der Waals surface area (Å²) in [6.45, 7) is 5.70. The fraction of sp³-hybridized carbons (Fsp3) is 0.273. The average molecular weight is 417 g/mol. The zero-order valence-electron chi connectivity index (χ0n) is 17.4. The van der Waals surface area contributed by atoms with Crippen LogP contribution in [0.5, 0.6) is 0 Å². The van der Waals surface area contributed by atoms with Gasteiger partial charge in [0.25, 0.3) is 0 Å². The number of ether oxygens (including phenoxy) is 1. The van der Waals surface area contributed by atoms with E-state index in [1.165, 1.54) is 6.92 Å². The van der Waals surface area contributed by atoms with Gasteiger partial charge >= 0.3 is 0 Å². The molecule has 0 aliphatic carbocycles. The summed E-state index contributed by atoms with van der Waals surface area (Å²) in [5, 5.41) is 15.4. The van der Waals surface area contributed by atoms with Gasteiger partial charge in [-0.05, 0) is 19.1 Å². The van der Waals surface area contributed by atoms with Gasteiger partial charge in [-0.3, -0.25) is 9.89 Å². The fourth-order valence-electron chi connectivity index (χ4n) is 3.98. The molecule has 2 N–H and O–H groups in total. The first kappa shape index (κ1) is 19.3. The largest absolute Gasteiger partial charge is 0.377 e. The van der Waals surface area contributed by atoms with Crippen molar-refractivity contribution in [1.29, 1.82) is 0 Å². The number of H-pyrrole nitrogens is 1. The monoisotopic (exact) mass is 417 g/mol. The summed E-state index contributed by atoms with van der Waals surface area (Å²) in [7, 11) is 0. The first-order valence-electron chi connectivity index (χ1n) is 10.2. The lowest BCUT2D eigenvalue weighted by Crippen LogP contribution is -2.44. The van der Waals surface area contributed by atoms with E-state index in [0.29, 0.717) is 18.9 Å². The van der Waals surface area contributed by atoms with Crippen molar-refractivity contribution in [3.05, 3.63) is 48.8 Å². The molecule has 1 fully saturated rings. The lowest BCUT2D eigenvalue weighted by atomic mass is 10.0. The fourth-order valence-corrected chi connectivity index (χ4v) is 3.98. The third kappa shape index (κ3) is 3.53. The van der Waals surface area contributed by atoms with E-state index in [-0.39, 0.29) is 11.9 Å². The van der Waals surface area contributed by atoms with Crippen LogP contribution in [0.2, 0.25) is 0 Å². The maximum atomic E-state index is 11.8. The van der Waals surface area contributed by atoms with Crippen LogP contribution < -0.4 is 10.2 Å². The molecule has 0 radical (unpaired) electrons. The number of amides is 1. The number of carbonyl (C=O) groups excluding carboxylic acids is 1. The minimum absolute atomic E-state index is 0.118. The molecule has 31 heavy (non-hydrogen) atoms. The number of aromatic nitrogens is 5. The molecule has 9 nitrogen and oxygen atoms in total. The summed E-state index contributed by atoms with van der Waals surface area (Å²) in [5.74, 6) is 1.46. The van der Waals surface area contributed by atoms with Crippen LogP contribution in [0.15, 0.2) is 48.8 Å². The predicted octanol–water partition coefficient (Wildman–Crippen LogP) is 2.99. The van der Waals surface area contributed by atoms with E-state index in [1.54, 1.807) is 17.1 Å². The van der Waals surface area contributed by atoms with Gasteiger partial charge in [0, 0.05) is 41.7 Å². The van der Waals surface area contributed by atoms with Gasteiger partial charge in [0.05, 0.1) is 31.6 Å². The smallest absolute Gasteiger partial charge is 0.221 e. The van der Waals surface area contributed by atoms with Crippen molar-refractivity contribution in [2.75, 3.05) is 30.0 Å². The third-order valence-electron chi connectivity index (χ3n) is 5.43. The highest BCUT2D eigenvalue weighted by atomic mass is 16.5. The summed E-state index contributed by atoms with van der Waals surface area (Å²) in [4.78, 5) is 19.0. The van der Waals surface area contributed by atoms with Crippen molar-refractivity contribution in [3.8, 4) is 16.9 Å². The van der Waals surface area contributed by atoms with Gasteiger partial charge in [-0.15, -0.1) is 0 Å². The molecule has 9 heteroatoms. The summed E-state index contributed by atoms with van der Waals surface area (Å²) in [5.41, 5.74) is 3.33. The summed E-state index contributed by atoms with van der Waals surface area (Å²) >= 11 is 0. The quantitative estimate of drug-likeness (QED) is 0.529. The Morgan fingerprint density at radius 3 is 2.90 bits per heavy atom. The van der Waals surface area contributed by atoms with Crippen molar-refractivity contribution in [2.45, 2.75) is 19.9 Å². The van der Waals surface area contributed by atoms with E-state index in [9.17, 15) is 4.79 Å². The Balaban J connectivity index is 1.75. The molecule has 4 heterocycles. The van der Waals surface area contributed by atoms with Crippen molar-refractivity contribution in [1.82, 2.24) is 25.0 Å². The van der Waals surface area contributed by atoms with Gasteiger partial charge in [-0.25, -0.2) is 4.98 Å². The maximum Gasteiger partial charge on any atom is 0.221 e. The number of hydrogen-bond acceptors (Lipinski definition) is 6. The molecule has 4 aromatic rings. The molecule has 1 amide bonds. The number of benzene rings is 1. The van der Waals surface area contributed by atoms with E-state index < -0.39 is 0 Å². The second kappa shape index (κ2) is 7.84. The number of rotatable bonds is 4. The van der Waals surface area contributed by atoms with Crippen LogP contribution in [0.3, 0.4) is 0 Å². The molecule has 0 bridgehead atoms. The molecule has 0 saturated carbocycles. The van der Waals surface area contributed by atoms with Gasteiger partial charge in [0.1, 0.15) is 5.82 Å². The number of para-hydroxylation sites is 1. The Morgan fingerprint density at radius 2 is 2.13 bits per heavy atom. The van der Waals surface area contributed by atoms with E-state index >= 15 is 0 Å². The SMILES string of the molecule is CC(=O)Nc1ccccc1-c1cc(N2CCOC[C@H]2C)nc2c1cnn2-c1ccn[nH]1. The van der Waals surface area contributed by atoms with Gasteiger partial charge in [-0.1, -0.05) is 18.2 Å². The normalized spacial score (nSPS) is 16.6. The number of anilines is 2. The van der Waals surface area contributed by atoms with Crippen molar-refractivity contribution >= 4 is 28.4 Å². The highest BCUT2D eigenvalue weighted by Gasteiger charge is 2.24. The second-order valence-corrected chi connectivity index (χ2v) is 7.61. The zero-order valence-corrected chi connectivity index (χ0v) is 17.4. The second-order valence-electron chi connectivity index (χ2n) is 7.61. The van der Waals surface area contributed by atoms with Crippen molar-refractivity contribution in [2.24, 2.45) is 0 Å². The average Bonchev–Trinajstić information content (AvgIpc) is 3.43. The summed E-state index contributed by atoms with van der Waals surface area (Å²) in [6.07, 6.45) is 3.49. The maximum absolute atomic E-state index is 11.8. The highest BCUT2D eigenvalue weighted by Crippen LogP contribution is 2.36. The zero-order chi connectivity index (χ0) is 21.4. The molecule has 1 aliphatic rings. The number of aromatic amines is 1. The Morgan fingerprint density at radius 1 is 1.26 bits per heavy atom. The van der Waals surface area contributed by atoms with Crippen LogP contribution in [0.25, 0.3) is 28.0 Å². The van der Waals surface area contributed by atoms with Crippen LogP contribution >= 0.6 is 0 Å². The molecule has 1 aromatic carbocycles. The number of carbonyl (C=O) groups is 1. The third-order valence-corrected chi connectivity index (χ3v) is 5.43. The van der Waals surface area contributed by atoms with Gasteiger partial charge < -0.3 is 15.0 Å². The number of nitrogens with zero attached hydrogens (tertiary/aromatic N) is 5. The van der Waals surface area contributed by atoms with Crippen LogP contribution in [0.1, 0.15) is 13.8 Å². The summed E-state index contributed by atoms with van der Waals surface area (Å²) < 4.78 is 7.37. The minimum atomic E-state index is -0.118. The van der Waals surface area contributed by atoms with E-state index in [0.717, 1.165) is 40.4 Å². The molecule has 0 unspecified atom stereocenters.